The Bertz CT molecular complexity index is 556. The van der Waals surface area contributed by atoms with E-state index in [0.29, 0.717) is 12.5 Å². The van der Waals surface area contributed by atoms with Crippen molar-refractivity contribution in [1.29, 1.82) is 0 Å². The molecule has 8 nitrogen and oxygen atoms in total. The van der Waals surface area contributed by atoms with Gasteiger partial charge in [-0.05, 0) is 19.4 Å². The Balaban J connectivity index is 1.60. The number of ether oxygens (including phenoxy) is 1. The highest BCUT2D eigenvalue weighted by Gasteiger charge is 2.26. The maximum Gasteiger partial charge on any atom is 0.304 e. The van der Waals surface area contributed by atoms with Crippen molar-refractivity contribution in [1.82, 2.24) is 24.6 Å². The van der Waals surface area contributed by atoms with E-state index in [2.05, 4.69) is 24.6 Å². The maximum absolute atomic E-state index is 10.8. The fourth-order valence-electron chi connectivity index (χ4n) is 3.55. The molecular formula is C16H27N5O3. The van der Waals surface area contributed by atoms with Gasteiger partial charge in [0.1, 0.15) is 11.6 Å². The van der Waals surface area contributed by atoms with Crippen LogP contribution in [0.15, 0.2) is 0 Å². The van der Waals surface area contributed by atoms with Crippen LogP contribution in [0, 0.1) is 0 Å². The van der Waals surface area contributed by atoms with Gasteiger partial charge in [0, 0.05) is 39.1 Å². The zero-order valence-corrected chi connectivity index (χ0v) is 14.4. The Morgan fingerprint density at radius 3 is 2.79 bits per heavy atom. The van der Waals surface area contributed by atoms with Crippen LogP contribution in [0.2, 0.25) is 0 Å². The molecule has 0 aromatic carbocycles. The SMILES string of the molecule is Cn1c(CN2CCOCC2)nnc1C1CCCN(CCC(=O)O)C1. The number of aliphatic carboxylic acids is 1. The second kappa shape index (κ2) is 8.04. The molecule has 0 amide bonds. The molecule has 0 bridgehead atoms. The fraction of sp³-hybridized carbons (Fsp3) is 0.812. The number of hydrogen-bond acceptors (Lipinski definition) is 6. The lowest BCUT2D eigenvalue weighted by Gasteiger charge is -2.31. The molecule has 0 saturated carbocycles. The summed E-state index contributed by atoms with van der Waals surface area (Å²) in [4.78, 5) is 15.4. The molecule has 1 atom stereocenters. The highest BCUT2D eigenvalue weighted by Crippen LogP contribution is 2.26. The van der Waals surface area contributed by atoms with Gasteiger partial charge >= 0.3 is 5.97 Å². The first kappa shape index (κ1) is 17.3. The molecule has 2 saturated heterocycles. The van der Waals surface area contributed by atoms with Crippen molar-refractivity contribution in [2.75, 3.05) is 45.9 Å². The Labute approximate surface area is 142 Å². The Hall–Kier alpha value is -1.51. The lowest BCUT2D eigenvalue weighted by atomic mass is 9.97. The number of piperidine rings is 1. The summed E-state index contributed by atoms with van der Waals surface area (Å²) in [6.07, 6.45) is 2.37. The molecule has 1 aromatic heterocycles. The second-order valence-electron chi connectivity index (χ2n) is 6.71. The second-order valence-corrected chi connectivity index (χ2v) is 6.71. The lowest BCUT2D eigenvalue weighted by Crippen LogP contribution is -2.37. The molecule has 3 heterocycles. The van der Waals surface area contributed by atoms with Gasteiger partial charge in [0.05, 0.1) is 26.2 Å². The summed E-state index contributed by atoms with van der Waals surface area (Å²) < 4.78 is 7.51. The van der Waals surface area contributed by atoms with Crippen molar-refractivity contribution in [3.63, 3.8) is 0 Å². The Kier molecular flexibility index (Phi) is 5.80. The standard InChI is InChI=1S/C16H27N5O3/c1-19-14(12-21-7-9-24-10-8-21)17-18-16(19)13-3-2-5-20(11-13)6-4-15(22)23/h13H,2-12H2,1H3,(H,22,23). The van der Waals surface area contributed by atoms with Crippen molar-refractivity contribution in [3.8, 4) is 0 Å². The number of carboxylic acid groups (broad SMARTS) is 1. The number of likely N-dealkylation sites (tertiary alicyclic amines) is 1. The lowest BCUT2D eigenvalue weighted by molar-refractivity contribution is -0.137. The minimum absolute atomic E-state index is 0.202. The zero-order chi connectivity index (χ0) is 16.9. The van der Waals surface area contributed by atoms with Crippen LogP contribution in [0.1, 0.15) is 36.8 Å². The first-order chi connectivity index (χ1) is 11.6. The average molecular weight is 337 g/mol. The molecule has 2 fully saturated rings. The third-order valence-electron chi connectivity index (χ3n) is 4.98. The highest BCUT2D eigenvalue weighted by atomic mass is 16.5. The topological polar surface area (TPSA) is 83.7 Å². The van der Waals surface area contributed by atoms with Gasteiger partial charge in [0.2, 0.25) is 0 Å². The van der Waals surface area contributed by atoms with Crippen molar-refractivity contribution in [2.24, 2.45) is 7.05 Å². The molecule has 134 valence electrons. The molecule has 3 rings (SSSR count). The van der Waals surface area contributed by atoms with Gasteiger partial charge in [0.25, 0.3) is 0 Å². The summed E-state index contributed by atoms with van der Waals surface area (Å²) in [5.74, 6) is 1.62. The molecule has 2 aliphatic rings. The van der Waals surface area contributed by atoms with Crippen LogP contribution >= 0.6 is 0 Å². The van der Waals surface area contributed by atoms with Crippen LogP contribution in [-0.2, 0) is 23.1 Å². The quantitative estimate of drug-likeness (QED) is 0.799. The number of hydrogen-bond donors (Lipinski definition) is 1. The monoisotopic (exact) mass is 337 g/mol. The van der Waals surface area contributed by atoms with E-state index in [1.54, 1.807) is 0 Å². The van der Waals surface area contributed by atoms with Crippen molar-refractivity contribution in [3.05, 3.63) is 11.6 Å². The van der Waals surface area contributed by atoms with Gasteiger partial charge in [-0.1, -0.05) is 0 Å². The van der Waals surface area contributed by atoms with Gasteiger partial charge in [-0.3, -0.25) is 9.69 Å². The summed E-state index contributed by atoms with van der Waals surface area (Å²) in [6.45, 7) is 6.71. The third-order valence-corrected chi connectivity index (χ3v) is 4.98. The van der Waals surface area contributed by atoms with E-state index in [4.69, 9.17) is 9.84 Å². The number of aromatic nitrogens is 3. The first-order valence-electron chi connectivity index (χ1n) is 8.76. The molecular weight excluding hydrogens is 310 g/mol. The number of rotatable bonds is 6. The van der Waals surface area contributed by atoms with Crippen molar-refractivity contribution in [2.45, 2.75) is 31.7 Å². The summed E-state index contributed by atoms with van der Waals surface area (Å²) in [6, 6.07) is 0. The first-order valence-corrected chi connectivity index (χ1v) is 8.76. The van der Waals surface area contributed by atoms with E-state index in [1.165, 1.54) is 0 Å². The summed E-state index contributed by atoms with van der Waals surface area (Å²) >= 11 is 0. The minimum Gasteiger partial charge on any atom is -0.481 e. The van der Waals surface area contributed by atoms with E-state index in [-0.39, 0.29) is 6.42 Å². The average Bonchev–Trinajstić information content (AvgIpc) is 2.95. The molecule has 24 heavy (non-hydrogen) atoms. The van der Waals surface area contributed by atoms with Crippen molar-refractivity contribution < 1.29 is 14.6 Å². The molecule has 0 spiro atoms. The molecule has 0 aliphatic carbocycles. The Morgan fingerprint density at radius 2 is 2.04 bits per heavy atom. The summed E-state index contributed by atoms with van der Waals surface area (Å²) in [7, 11) is 2.04. The summed E-state index contributed by atoms with van der Waals surface area (Å²) in [5.41, 5.74) is 0. The van der Waals surface area contributed by atoms with Gasteiger partial charge in [-0.2, -0.15) is 0 Å². The number of morpholine rings is 1. The maximum atomic E-state index is 10.8. The summed E-state index contributed by atoms with van der Waals surface area (Å²) in [5, 5.41) is 17.7. The van der Waals surface area contributed by atoms with Crippen LogP contribution in [-0.4, -0.2) is 81.6 Å². The van der Waals surface area contributed by atoms with Crippen molar-refractivity contribution >= 4 is 5.97 Å². The number of carboxylic acids is 1. The number of carbonyl (C=O) groups is 1. The van der Waals surface area contributed by atoms with E-state index in [9.17, 15) is 4.79 Å². The van der Waals surface area contributed by atoms with Gasteiger partial charge in [-0.25, -0.2) is 0 Å². The minimum atomic E-state index is -0.733. The molecule has 1 unspecified atom stereocenters. The van der Waals surface area contributed by atoms with Crippen LogP contribution < -0.4 is 0 Å². The zero-order valence-electron chi connectivity index (χ0n) is 14.4. The molecule has 1 aromatic rings. The van der Waals surface area contributed by atoms with E-state index in [0.717, 1.165) is 70.4 Å². The van der Waals surface area contributed by atoms with E-state index < -0.39 is 5.97 Å². The third kappa shape index (κ3) is 4.31. The van der Waals surface area contributed by atoms with Crippen LogP contribution in [0.3, 0.4) is 0 Å². The van der Waals surface area contributed by atoms with Gasteiger partial charge < -0.3 is 19.3 Å². The molecule has 0 radical (unpaired) electrons. The molecule has 1 N–H and O–H groups in total. The van der Waals surface area contributed by atoms with Gasteiger partial charge in [-0.15, -0.1) is 10.2 Å². The molecule has 2 aliphatic heterocycles. The fourth-order valence-corrected chi connectivity index (χ4v) is 3.55. The number of nitrogens with zero attached hydrogens (tertiary/aromatic N) is 5. The van der Waals surface area contributed by atoms with E-state index >= 15 is 0 Å². The van der Waals surface area contributed by atoms with Crippen LogP contribution in [0.4, 0.5) is 0 Å². The normalized spacial score (nSPS) is 23.5. The van der Waals surface area contributed by atoms with E-state index in [1.807, 2.05) is 7.05 Å². The Morgan fingerprint density at radius 1 is 1.25 bits per heavy atom. The van der Waals surface area contributed by atoms with Crippen LogP contribution in [0.5, 0.6) is 0 Å². The predicted molar refractivity (Wildman–Crippen MR) is 87.8 cm³/mol. The molecule has 8 heteroatoms. The largest absolute Gasteiger partial charge is 0.481 e. The van der Waals surface area contributed by atoms with Gasteiger partial charge in [0.15, 0.2) is 0 Å². The smallest absolute Gasteiger partial charge is 0.304 e. The predicted octanol–water partition coefficient (Wildman–Crippen LogP) is 0.301. The van der Waals surface area contributed by atoms with Crippen LogP contribution in [0.25, 0.3) is 0 Å². The highest BCUT2D eigenvalue weighted by molar-refractivity contribution is 5.66.